The predicted molar refractivity (Wildman–Crippen MR) is 156 cm³/mol. The van der Waals surface area contributed by atoms with Crippen molar-refractivity contribution in [2.24, 2.45) is 5.73 Å². The van der Waals surface area contributed by atoms with Gasteiger partial charge in [0, 0.05) is 48.5 Å². The number of hydrogen-bond acceptors (Lipinski definition) is 10. The van der Waals surface area contributed by atoms with Crippen molar-refractivity contribution in [1.82, 2.24) is 29.8 Å². The summed E-state index contributed by atoms with van der Waals surface area (Å²) in [5.74, 6) is 1.77. The average Bonchev–Trinajstić information content (AvgIpc) is 3.58. The van der Waals surface area contributed by atoms with E-state index in [2.05, 4.69) is 76.4 Å². The first kappa shape index (κ1) is 24.4. The number of fused-ring (bicyclic) bond motifs is 2. The molecule has 4 aromatic heterocycles. The van der Waals surface area contributed by atoms with Gasteiger partial charge in [0.25, 0.3) is 0 Å². The van der Waals surface area contributed by atoms with Gasteiger partial charge in [-0.1, -0.05) is 12.1 Å². The number of H-pyrrole nitrogens is 1. The first-order valence-corrected chi connectivity index (χ1v) is 14.3. The minimum atomic E-state index is 0.275. The molecule has 7 rings (SSSR count). The lowest BCUT2D eigenvalue weighted by molar-refractivity contribution is 0.122. The molecule has 0 unspecified atom stereocenters. The number of nitrogens with one attached hydrogen (secondary N) is 2. The molecular weight excluding hydrogens is 510 g/mol. The van der Waals surface area contributed by atoms with Gasteiger partial charge in [-0.3, -0.25) is 4.90 Å². The Morgan fingerprint density at radius 1 is 1.00 bits per heavy atom. The highest BCUT2D eigenvalue weighted by Crippen LogP contribution is 2.33. The van der Waals surface area contributed by atoms with Gasteiger partial charge >= 0.3 is 0 Å². The zero-order chi connectivity index (χ0) is 26.2. The number of anilines is 3. The second kappa shape index (κ2) is 10.5. The van der Waals surface area contributed by atoms with E-state index in [0.717, 1.165) is 109 Å². The number of thiophene rings is 1. The van der Waals surface area contributed by atoms with E-state index in [9.17, 15) is 0 Å². The Kier molecular flexibility index (Phi) is 6.57. The molecular formula is C28H31N9OS. The fourth-order valence-corrected chi connectivity index (χ4v) is 6.56. The molecule has 0 aliphatic carbocycles. The first-order chi connectivity index (χ1) is 19.2. The molecule has 2 saturated heterocycles. The number of piperidine rings is 1. The molecule has 200 valence electrons. The molecule has 0 saturated carbocycles. The van der Waals surface area contributed by atoms with Crippen LogP contribution in [0.2, 0.25) is 0 Å². The van der Waals surface area contributed by atoms with Crippen LogP contribution >= 0.6 is 11.3 Å². The van der Waals surface area contributed by atoms with E-state index in [4.69, 9.17) is 10.5 Å². The van der Waals surface area contributed by atoms with Crippen molar-refractivity contribution < 1.29 is 4.74 Å². The van der Waals surface area contributed by atoms with E-state index in [0.29, 0.717) is 0 Å². The molecule has 0 spiro atoms. The van der Waals surface area contributed by atoms with E-state index in [1.165, 1.54) is 4.88 Å². The lowest BCUT2D eigenvalue weighted by Gasteiger charge is -2.30. The topological polar surface area (TPSA) is 121 Å². The van der Waals surface area contributed by atoms with Gasteiger partial charge < -0.3 is 25.7 Å². The summed E-state index contributed by atoms with van der Waals surface area (Å²) in [6.45, 7) is 6.07. The summed E-state index contributed by atoms with van der Waals surface area (Å²) in [6, 6.07) is 13.0. The highest BCUT2D eigenvalue weighted by atomic mass is 32.1. The molecule has 6 heterocycles. The van der Waals surface area contributed by atoms with Crippen molar-refractivity contribution >= 4 is 49.9 Å². The lowest BCUT2D eigenvalue weighted by atomic mass is 10.1. The molecule has 0 amide bonds. The van der Waals surface area contributed by atoms with Crippen LogP contribution in [-0.4, -0.2) is 75.3 Å². The second-order valence-corrected chi connectivity index (χ2v) is 11.4. The number of ether oxygens (including phenoxy) is 1. The zero-order valence-corrected chi connectivity index (χ0v) is 22.5. The number of aromatic amines is 1. The monoisotopic (exact) mass is 541 g/mol. The van der Waals surface area contributed by atoms with Gasteiger partial charge in [-0.2, -0.15) is 0 Å². The minimum absolute atomic E-state index is 0.275. The molecule has 2 aliphatic heterocycles. The molecule has 2 aliphatic rings. The number of hydrogen-bond donors (Lipinski definition) is 3. The molecule has 5 aromatic rings. The minimum Gasteiger partial charge on any atom is -0.378 e. The molecule has 2 fully saturated rings. The number of aromatic nitrogens is 5. The normalized spacial score (nSPS) is 18.7. The maximum Gasteiger partial charge on any atom is 0.143 e. The Morgan fingerprint density at radius 2 is 1.85 bits per heavy atom. The summed E-state index contributed by atoms with van der Waals surface area (Å²) in [7, 11) is 0. The highest BCUT2D eigenvalue weighted by molar-refractivity contribution is 7.18. The SMILES string of the molecule is N[C@@H]1CCCN(Cc2cc3c(Nc4ccc(-c5cc6c(N7CCOCC7)ncnc6[nH]5)cc4)ncnc3s2)C1. The van der Waals surface area contributed by atoms with Gasteiger partial charge in [0.05, 0.1) is 24.0 Å². The Morgan fingerprint density at radius 3 is 2.69 bits per heavy atom. The summed E-state index contributed by atoms with van der Waals surface area (Å²) >= 11 is 1.73. The Labute approximate surface area is 230 Å². The van der Waals surface area contributed by atoms with Crippen LogP contribution in [0.15, 0.2) is 49.1 Å². The average molecular weight is 542 g/mol. The molecule has 4 N–H and O–H groups in total. The largest absolute Gasteiger partial charge is 0.378 e. The molecule has 39 heavy (non-hydrogen) atoms. The van der Waals surface area contributed by atoms with E-state index in [1.54, 1.807) is 24.0 Å². The molecule has 1 atom stereocenters. The number of morpholine rings is 1. The van der Waals surface area contributed by atoms with Crippen LogP contribution in [-0.2, 0) is 11.3 Å². The van der Waals surface area contributed by atoms with E-state index < -0.39 is 0 Å². The van der Waals surface area contributed by atoms with Crippen molar-refractivity contribution in [3.63, 3.8) is 0 Å². The van der Waals surface area contributed by atoms with Gasteiger partial charge in [-0.25, -0.2) is 19.9 Å². The van der Waals surface area contributed by atoms with Crippen LogP contribution in [0, 0.1) is 0 Å². The quantitative estimate of drug-likeness (QED) is 0.291. The molecule has 1 aromatic carbocycles. The van der Waals surface area contributed by atoms with Crippen LogP contribution in [0.25, 0.3) is 32.5 Å². The van der Waals surface area contributed by atoms with Gasteiger partial charge in [0.2, 0.25) is 0 Å². The summed E-state index contributed by atoms with van der Waals surface area (Å²) in [5, 5.41) is 5.58. The van der Waals surface area contributed by atoms with E-state index in [-0.39, 0.29) is 6.04 Å². The summed E-state index contributed by atoms with van der Waals surface area (Å²) < 4.78 is 5.51. The van der Waals surface area contributed by atoms with Crippen molar-refractivity contribution in [1.29, 1.82) is 0 Å². The fraction of sp³-hybridized carbons (Fsp3) is 0.357. The number of benzene rings is 1. The third kappa shape index (κ3) is 5.06. The Bertz CT molecular complexity index is 1590. The Hall–Kier alpha value is -3.64. The fourth-order valence-electron chi connectivity index (χ4n) is 5.52. The van der Waals surface area contributed by atoms with Gasteiger partial charge in [0.15, 0.2) is 0 Å². The van der Waals surface area contributed by atoms with Crippen molar-refractivity contribution in [3.05, 3.63) is 53.9 Å². The standard InChI is InChI=1S/C28H31N9OS/c29-19-2-1-7-36(14-19)15-21-12-23-26(31-17-33-28(23)39-21)34-20-5-3-18(4-6-20)24-13-22-25(35-24)30-16-32-27(22)37-8-10-38-11-9-37/h3-6,12-13,16-17,19H,1-2,7-11,14-15,29H2,(H,30,32,35)(H,31,33,34)/t19-/m1/s1. The molecule has 0 radical (unpaired) electrons. The first-order valence-electron chi connectivity index (χ1n) is 13.4. The van der Waals surface area contributed by atoms with Crippen molar-refractivity contribution in [2.45, 2.75) is 25.4 Å². The summed E-state index contributed by atoms with van der Waals surface area (Å²) in [5.41, 5.74) is 10.1. The smallest absolute Gasteiger partial charge is 0.143 e. The Balaban J connectivity index is 1.10. The number of likely N-dealkylation sites (tertiary alicyclic amines) is 1. The molecule has 0 bridgehead atoms. The predicted octanol–water partition coefficient (Wildman–Crippen LogP) is 4.13. The van der Waals surface area contributed by atoms with Crippen LogP contribution in [0.3, 0.4) is 0 Å². The summed E-state index contributed by atoms with van der Waals surface area (Å²) in [6.07, 6.45) is 5.54. The van der Waals surface area contributed by atoms with E-state index >= 15 is 0 Å². The van der Waals surface area contributed by atoms with Crippen LogP contribution in [0.1, 0.15) is 17.7 Å². The number of nitrogens with two attached hydrogens (primary N) is 1. The lowest BCUT2D eigenvalue weighted by Crippen LogP contribution is -2.42. The molecule has 11 heteroatoms. The van der Waals surface area contributed by atoms with Crippen LogP contribution in [0.5, 0.6) is 0 Å². The van der Waals surface area contributed by atoms with Gasteiger partial charge in [0.1, 0.15) is 34.8 Å². The third-order valence-corrected chi connectivity index (χ3v) is 8.50. The maximum atomic E-state index is 6.18. The third-order valence-electron chi connectivity index (χ3n) is 7.48. The van der Waals surface area contributed by atoms with Crippen LogP contribution in [0.4, 0.5) is 17.3 Å². The molecule has 10 nitrogen and oxygen atoms in total. The second-order valence-electron chi connectivity index (χ2n) is 10.2. The summed E-state index contributed by atoms with van der Waals surface area (Å²) in [4.78, 5) is 28.6. The van der Waals surface area contributed by atoms with Crippen LogP contribution < -0.4 is 16.0 Å². The van der Waals surface area contributed by atoms with Crippen molar-refractivity contribution in [2.75, 3.05) is 49.6 Å². The van der Waals surface area contributed by atoms with Gasteiger partial charge in [-0.15, -0.1) is 11.3 Å². The number of rotatable bonds is 6. The van der Waals surface area contributed by atoms with E-state index in [1.807, 2.05) is 0 Å². The number of nitrogens with zero attached hydrogens (tertiary/aromatic N) is 6. The zero-order valence-electron chi connectivity index (χ0n) is 21.6. The van der Waals surface area contributed by atoms with Crippen molar-refractivity contribution in [3.8, 4) is 11.3 Å². The maximum absolute atomic E-state index is 6.18. The van der Waals surface area contributed by atoms with Gasteiger partial charge in [-0.05, 0) is 49.2 Å². The highest BCUT2D eigenvalue weighted by Gasteiger charge is 2.19.